The lowest BCUT2D eigenvalue weighted by atomic mass is 10.1. The van der Waals surface area contributed by atoms with E-state index in [1.807, 2.05) is 6.92 Å². The van der Waals surface area contributed by atoms with Crippen LogP contribution in [-0.4, -0.2) is 49.1 Å². The predicted octanol–water partition coefficient (Wildman–Crippen LogP) is 0.585. The second-order valence-electron chi connectivity index (χ2n) is 5.43. The molecule has 0 spiro atoms. The van der Waals surface area contributed by atoms with Gasteiger partial charge in [0, 0.05) is 37.6 Å². The maximum atomic E-state index is 11.9. The van der Waals surface area contributed by atoms with E-state index in [0.717, 1.165) is 38.6 Å². The van der Waals surface area contributed by atoms with Crippen molar-refractivity contribution in [1.82, 2.24) is 15.5 Å². The van der Waals surface area contributed by atoms with Crippen LogP contribution in [0.5, 0.6) is 0 Å². The van der Waals surface area contributed by atoms with Gasteiger partial charge in [0.15, 0.2) is 0 Å². The summed E-state index contributed by atoms with van der Waals surface area (Å²) in [6, 6.07) is 1.21. The molecule has 2 unspecified atom stereocenters. The molecule has 1 aliphatic carbocycles. The number of hydrogen-bond acceptors (Lipinski definition) is 3. The Balaban J connectivity index is 1.67. The summed E-state index contributed by atoms with van der Waals surface area (Å²) < 4.78 is 0. The first kappa shape index (κ1) is 12.8. The van der Waals surface area contributed by atoms with Crippen LogP contribution in [0.15, 0.2) is 0 Å². The van der Waals surface area contributed by atoms with E-state index in [1.54, 1.807) is 0 Å². The second-order valence-corrected chi connectivity index (χ2v) is 5.43. The van der Waals surface area contributed by atoms with Crippen LogP contribution in [0.1, 0.15) is 33.1 Å². The fourth-order valence-electron chi connectivity index (χ4n) is 2.47. The smallest absolute Gasteiger partial charge is 0.224 e. The quantitative estimate of drug-likeness (QED) is 0.713. The van der Waals surface area contributed by atoms with Crippen molar-refractivity contribution >= 4 is 5.91 Å². The van der Waals surface area contributed by atoms with Crippen LogP contribution in [0.2, 0.25) is 0 Å². The van der Waals surface area contributed by atoms with Gasteiger partial charge >= 0.3 is 0 Å². The lowest BCUT2D eigenvalue weighted by molar-refractivity contribution is -0.125. The molecule has 4 nitrogen and oxygen atoms in total. The molecular formula is C13H25N3O. The Morgan fingerprint density at radius 2 is 2.18 bits per heavy atom. The van der Waals surface area contributed by atoms with Crippen LogP contribution in [0.25, 0.3) is 0 Å². The minimum atomic E-state index is 0.0740. The van der Waals surface area contributed by atoms with Gasteiger partial charge in [0.25, 0.3) is 0 Å². The molecule has 17 heavy (non-hydrogen) atoms. The third-order valence-electron chi connectivity index (χ3n) is 3.78. The molecule has 0 aromatic heterocycles. The molecule has 1 heterocycles. The highest BCUT2D eigenvalue weighted by atomic mass is 16.2. The minimum Gasteiger partial charge on any atom is -0.352 e. The average molecular weight is 239 g/mol. The molecule has 1 aliphatic heterocycles. The lowest BCUT2D eigenvalue weighted by Gasteiger charge is -2.18. The highest BCUT2D eigenvalue weighted by molar-refractivity contribution is 5.78. The van der Waals surface area contributed by atoms with Crippen molar-refractivity contribution in [2.24, 2.45) is 5.92 Å². The highest BCUT2D eigenvalue weighted by Crippen LogP contribution is 2.29. The Labute approximate surface area is 104 Å². The van der Waals surface area contributed by atoms with Gasteiger partial charge in [-0.05, 0) is 25.8 Å². The number of hydrogen-bond donors (Lipinski definition) is 2. The van der Waals surface area contributed by atoms with E-state index in [9.17, 15) is 4.79 Å². The molecule has 2 atom stereocenters. The first-order valence-corrected chi connectivity index (χ1v) is 6.95. The molecule has 0 bridgehead atoms. The van der Waals surface area contributed by atoms with E-state index in [1.165, 1.54) is 12.8 Å². The van der Waals surface area contributed by atoms with Crippen LogP contribution in [-0.2, 0) is 4.79 Å². The summed E-state index contributed by atoms with van der Waals surface area (Å²) in [4.78, 5) is 14.5. The van der Waals surface area contributed by atoms with Gasteiger partial charge in [-0.25, -0.2) is 0 Å². The third kappa shape index (κ3) is 3.68. The highest BCUT2D eigenvalue weighted by Gasteiger charge is 2.35. The zero-order chi connectivity index (χ0) is 12.3. The maximum Gasteiger partial charge on any atom is 0.224 e. The Morgan fingerprint density at radius 3 is 2.82 bits per heavy atom. The molecule has 2 rings (SSSR count). The van der Waals surface area contributed by atoms with Crippen molar-refractivity contribution < 1.29 is 4.79 Å². The Morgan fingerprint density at radius 1 is 1.41 bits per heavy atom. The molecule has 2 aliphatic rings. The fraction of sp³-hybridized carbons (Fsp3) is 0.923. The summed E-state index contributed by atoms with van der Waals surface area (Å²) in [5.74, 6) is 0.276. The number of nitrogens with one attached hydrogen (secondary N) is 2. The summed E-state index contributed by atoms with van der Waals surface area (Å²) in [7, 11) is 0. The Kier molecular flexibility index (Phi) is 4.40. The van der Waals surface area contributed by atoms with Crippen molar-refractivity contribution in [3.63, 3.8) is 0 Å². The minimum absolute atomic E-state index is 0.0740. The van der Waals surface area contributed by atoms with Gasteiger partial charge < -0.3 is 10.6 Å². The Bertz CT molecular complexity index is 265. The van der Waals surface area contributed by atoms with Crippen molar-refractivity contribution in [2.45, 2.75) is 45.2 Å². The third-order valence-corrected chi connectivity index (χ3v) is 3.78. The number of rotatable bonds is 6. The fourth-order valence-corrected chi connectivity index (χ4v) is 2.47. The monoisotopic (exact) mass is 239 g/mol. The second kappa shape index (κ2) is 5.83. The van der Waals surface area contributed by atoms with Gasteiger partial charge in [0.1, 0.15) is 0 Å². The molecule has 4 heteroatoms. The molecule has 1 saturated carbocycles. The van der Waals surface area contributed by atoms with E-state index in [-0.39, 0.29) is 11.8 Å². The van der Waals surface area contributed by atoms with Gasteiger partial charge in [0.05, 0.1) is 0 Å². The zero-order valence-corrected chi connectivity index (χ0v) is 11.0. The zero-order valence-electron chi connectivity index (χ0n) is 11.0. The topological polar surface area (TPSA) is 44.4 Å². The van der Waals surface area contributed by atoms with E-state index < -0.39 is 0 Å². The van der Waals surface area contributed by atoms with Crippen LogP contribution in [0.3, 0.4) is 0 Å². The van der Waals surface area contributed by atoms with Gasteiger partial charge in [-0.15, -0.1) is 0 Å². The van der Waals surface area contributed by atoms with Gasteiger partial charge in [0.2, 0.25) is 5.91 Å². The van der Waals surface area contributed by atoms with Crippen LogP contribution < -0.4 is 10.6 Å². The molecule has 0 aromatic rings. The van der Waals surface area contributed by atoms with Crippen molar-refractivity contribution in [2.75, 3.05) is 26.2 Å². The number of amides is 1. The standard InChI is InChI=1S/C13H25N3O/c1-3-14-8-10(2)13(17)15-11-6-7-16(9-11)12-4-5-12/h10-12,14H,3-9H2,1-2H3,(H,15,17). The molecular weight excluding hydrogens is 214 g/mol. The Hall–Kier alpha value is -0.610. The average Bonchev–Trinajstić information content (AvgIpc) is 3.07. The first-order chi connectivity index (χ1) is 8.20. The first-order valence-electron chi connectivity index (χ1n) is 6.95. The van der Waals surface area contributed by atoms with Crippen LogP contribution >= 0.6 is 0 Å². The molecule has 0 aromatic carbocycles. The van der Waals surface area contributed by atoms with Gasteiger partial charge in [-0.1, -0.05) is 13.8 Å². The summed E-state index contributed by atoms with van der Waals surface area (Å²) in [5.41, 5.74) is 0. The largest absolute Gasteiger partial charge is 0.352 e. The SMILES string of the molecule is CCNCC(C)C(=O)NC1CCN(C2CC2)C1. The molecule has 0 radical (unpaired) electrons. The summed E-state index contributed by atoms with van der Waals surface area (Å²) in [6.07, 6.45) is 3.84. The van der Waals surface area contributed by atoms with Crippen LogP contribution in [0.4, 0.5) is 0 Å². The van der Waals surface area contributed by atoms with Gasteiger partial charge in [-0.3, -0.25) is 9.69 Å². The van der Waals surface area contributed by atoms with Crippen molar-refractivity contribution in [3.8, 4) is 0 Å². The van der Waals surface area contributed by atoms with E-state index >= 15 is 0 Å². The summed E-state index contributed by atoms with van der Waals surface area (Å²) in [5, 5.41) is 6.40. The molecule has 98 valence electrons. The van der Waals surface area contributed by atoms with Crippen molar-refractivity contribution in [3.05, 3.63) is 0 Å². The normalized spacial score (nSPS) is 27.1. The summed E-state index contributed by atoms with van der Waals surface area (Å²) in [6.45, 7) is 7.99. The maximum absolute atomic E-state index is 11.9. The van der Waals surface area contributed by atoms with E-state index in [4.69, 9.17) is 0 Å². The predicted molar refractivity (Wildman–Crippen MR) is 68.9 cm³/mol. The van der Waals surface area contributed by atoms with Gasteiger partial charge in [-0.2, -0.15) is 0 Å². The van der Waals surface area contributed by atoms with E-state index in [0.29, 0.717) is 6.04 Å². The summed E-state index contributed by atoms with van der Waals surface area (Å²) >= 11 is 0. The number of likely N-dealkylation sites (tertiary alicyclic amines) is 1. The molecule has 1 saturated heterocycles. The number of carbonyl (C=O) groups excluding carboxylic acids is 1. The molecule has 2 N–H and O–H groups in total. The number of carbonyl (C=O) groups is 1. The van der Waals surface area contributed by atoms with E-state index in [2.05, 4.69) is 22.5 Å². The molecule has 1 amide bonds. The van der Waals surface area contributed by atoms with Crippen LogP contribution in [0, 0.1) is 5.92 Å². The molecule has 2 fully saturated rings. The lowest BCUT2D eigenvalue weighted by Crippen LogP contribution is -2.42. The number of nitrogens with zero attached hydrogens (tertiary/aromatic N) is 1. The van der Waals surface area contributed by atoms with Crippen molar-refractivity contribution in [1.29, 1.82) is 0 Å².